The maximum absolute atomic E-state index is 11.8. The van der Waals surface area contributed by atoms with Gasteiger partial charge in [0, 0.05) is 17.5 Å². The molecular weight excluding hydrogens is 196 g/mol. The summed E-state index contributed by atoms with van der Waals surface area (Å²) >= 11 is 5.21. The van der Waals surface area contributed by atoms with E-state index in [2.05, 4.69) is 0 Å². The number of hydrogen-bond donors (Lipinski definition) is 0. The van der Waals surface area contributed by atoms with Crippen molar-refractivity contribution in [2.75, 3.05) is 5.88 Å². The second-order valence-electron chi connectivity index (χ2n) is 2.01. The molecule has 0 amide bonds. The fraction of sp³-hybridized carbons (Fsp3) is 0.429. The second-order valence-corrected chi connectivity index (χ2v) is 2.39. The average molecular weight is 203 g/mol. The van der Waals surface area contributed by atoms with E-state index in [0.717, 1.165) is 0 Å². The molecule has 0 rings (SSSR count). The summed E-state index contributed by atoms with van der Waals surface area (Å²) in [6, 6.07) is 0. The van der Waals surface area contributed by atoms with E-state index < -0.39 is 17.7 Å². The lowest BCUT2D eigenvalue weighted by molar-refractivity contribution is 0.400. The van der Waals surface area contributed by atoms with Crippen LogP contribution < -0.4 is 0 Å². The monoisotopic (exact) mass is 202 g/mol. The molecule has 0 aromatic heterocycles. The van der Waals surface area contributed by atoms with E-state index >= 15 is 0 Å². The largest absolute Gasteiger partial charge is 0.273 e. The summed E-state index contributed by atoms with van der Waals surface area (Å²) in [6.45, 7) is 0. The highest BCUT2D eigenvalue weighted by atomic mass is 35.5. The summed E-state index contributed by atoms with van der Waals surface area (Å²) in [4.78, 5) is 0. The molecule has 0 spiro atoms. The first-order chi connectivity index (χ1) is 5.57. The zero-order chi connectivity index (χ0) is 9.56. The van der Waals surface area contributed by atoms with Crippen LogP contribution in [0.25, 0.3) is 0 Å². The minimum atomic E-state index is -2.12. The maximum atomic E-state index is 11.8. The fourth-order valence-electron chi connectivity index (χ4n) is 0.610. The van der Waals surface area contributed by atoms with E-state index in [-0.39, 0.29) is 24.8 Å². The van der Waals surface area contributed by atoms with Gasteiger partial charge in [0.25, 0.3) is 12.2 Å². The molecule has 12 heavy (non-hydrogen) atoms. The van der Waals surface area contributed by atoms with Crippen LogP contribution in [0.1, 0.15) is 12.8 Å². The van der Waals surface area contributed by atoms with Gasteiger partial charge in [-0.15, -0.1) is 11.6 Å². The molecular formula is C7H7ClF4. The Morgan fingerprint density at radius 1 is 1.17 bits per heavy atom. The van der Waals surface area contributed by atoms with Crippen LogP contribution in [0.5, 0.6) is 0 Å². The lowest BCUT2D eigenvalue weighted by Crippen LogP contribution is -1.83. The highest BCUT2D eigenvalue weighted by Gasteiger charge is 2.04. The lowest BCUT2D eigenvalue weighted by atomic mass is 10.2. The predicted octanol–water partition coefficient (Wildman–Crippen LogP) is 3.94. The first kappa shape index (κ1) is 11.5. The van der Waals surface area contributed by atoms with Gasteiger partial charge in [-0.2, -0.15) is 17.6 Å². The van der Waals surface area contributed by atoms with Crippen LogP contribution in [0.2, 0.25) is 0 Å². The Morgan fingerprint density at radius 2 is 1.75 bits per heavy atom. The highest BCUT2D eigenvalue weighted by molar-refractivity contribution is 6.17. The number of allylic oxidation sites excluding steroid dienone is 2. The first-order valence-electron chi connectivity index (χ1n) is 3.20. The lowest BCUT2D eigenvalue weighted by Gasteiger charge is -1.96. The summed E-state index contributed by atoms with van der Waals surface area (Å²) in [5.41, 5.74) is -0.643. The highest BCUT2D eigenvalue weighted by Crippen LogP contribution is 2.18. The van der Waals surface area contributed by atoms with Crippen LogP contribution in [0, 0.1) is 0 Å². The third-order valence-corrected chi connectivity index (χ3v) is 1.37. The zero-order valence-corrected chi connectivity index (χ0v) is 6.84. The summed E-state index contributed by atoms with van der Waals surface area (Å²) in [7, 11) is 0. The molecule has 0 aliphatic rings. The van der Waals surface area contributed by atoms with Gasteiger partial charge in [0.1, 0.15) is 0 Å². The van der Waals surface area contributed by atoms with Crippen molar-refractivity contribution in [3.05, 3.63) is 23.8 Å². The molecule has 0 heterocycles. The number of hydrogen-bond acceptors (Lipinski definition) is 0. The number of rotatable bonds is 4. The summed E-state index contributed by atoms with van der Waals surface area (Å²) in [5.74, 6) is 0.179. The van der Waals surface area contributed by atoms with Gasteiger partial charge in [-0.25, -0.2) is 0 Å². The summed E-state index contributed by atoms with van der Waals surface area (Å²) in [6.07, 6.45) is -3.89. The molecule has 0 aliphatic carbocycles. The van der Waals surface area contributed by atoms with Crippen molar-refractivity contribution in [1.29, 1.82) is 0 Å². The van der Waals surface area contributed by atoms with Crippen LogP contribution in [0.3, 0.4) is 0 Å². The van der Waals surface area contributed by atoms with E-state index in [4.69, 9.17) is 11.6 Å². The Hall–Kier alpha value is -0.510. The van der Waals surface area contributed by atoms with E-state index in [1.807, 2.05) is 0 Å². The molecule has 5 heteroatoms. The van der Waals surface area contributed by atoms with Gasteiger partial charge in [-0.1, -0.05) is 0 Å². The molecule has 0 fully saturated rings. The third-order valence-electron chi connectivity index (χ3n) is 1.11. The van der Waals surface area contributed by atoms with Crippen molar-refractivity contribution in [2.24, 2.45) is 0 Å². The standard InChI is InChI=1S/C7H7ClF4/c8-3-1-2-5(7(11)12)4-6(9)10/h4H,1-3H2. The molecule has 0 atom stereocenters. The number of alkyl halides is 1. The molecule has 0 unspecified atom stereocenters. The molecule has 0 saturated heterocycles. The van der Waals surface area contributed by atoms with Crippen LogP contribution >= 0.6 is 11.6 Å². The van der Waals surface area contributed by atoms with Crippen molar-refractivity contribution < 1.29 is 17.6 Å². The van der Waals surface area contributed by atoms with Crippen molar-refractivity contribution >= 4 is 11.6 Å². The van der Waals surface area contributed by atoms with E-state index in [0.29, 0.717) is 0 Å². The van der Waals surface area contributed by atoms with Crippen molar-refractivity contribution in [3.63, 3.8) is 0 Å². The van der Waals surface area contributed by atoms with Gasteiger partial charge in [0.15, 0.2) is 0 Å². The molecule has 0 radical (unpaired) electrons. The second kappa shape index (κ2) is 6.06. The fourth-order valence-corrected chi connectivity index (χ4v) is 0.744. The van der Waals surface area contributed by atoms with Crippen molar-refractivity contribution in [2.45, 2.75) is 12.8 Å². The summed E-state index contributed by atoms with van der Waals surface area (Å²) in [5, 5.41) is 0. The molecule has 0 aromatic carbocycles. The molecule has 0 N–H and O–H groups in total. The van der Waals surface area contributed by atoms with Gasteiger partial charge in [-0.05, 0) is 12.8 Å². The van der Waals surface area contributed by atoms with Gasteiger partial charge in [0.2, 0.25) is 0 Å². The topological polar surface area (TPSA) is 0 Å². The Labute approximate surface area is 72.5 Å². The molecule has 0 saturated carbocycles. The minimum Gasteiger partial charge on any atom is -0.173 e. The Morgan fingerprint density at radius 3 is 2.08 bits per heavy atom. The van der Waals surface area contributed by atoms with Crippen molar-refractivity contribution in [3.8, 4) is 0 Å². The first-order valence-corrected chi connectivity index (χ1v) is 3.74. The SMILES string of the molecule is FC(F)=CC(CCCCl)=C(F)F. The maximum Gasteiger partial charge on any atom is 0.273 e. The Balaban J connectivity index is 4.27. The Bertz CT molecular complexity index is 190. The van der Waals surface area contributed by atoms with Crippen LogP contribution in [0.4, 0.5) is 17.6 Å². The van der Waals surface area contributed by atoms with E-state index in [9.17, 15) is 17.6 Å². The molecule has 0 aromatic rings. The number of halogens is 5. The van der Waals surface area contributed by atoms with E-state index in [1.54, 1.807) is 0 Å². The third kappa shape index (κ3) is 5.18. The predicted molar refractivity (Wildman–Crippen MR) is 39.5 cm³/mol. The van der Waals surface area contributed by atoms with Gasteiger partial charge in [-0.3, -0.25) is 0 Å². The molecule has 70 valence electrons. The molecule has 0 aliphatic heterocycles. The molecule has 0 bridgehead atoms. The zero-order valence-electron chi connectivity index (χ0n) is 6.09. The van der Waals surface area contributed by atoms with E-state index in [1.165, 1.54) is 0 Å². The minimum absolute atomic E-state index is 0.122. The average Bonchev–Trinajstić information content (AvgIpc) is 1.96. The van der Waals surface area contributed by atoms with Crippen LogP contribution in [0.15, 0.2) is 23.8 Å². The van der Waals surface area contributed by atoms with Crippen molar-refractivity contribution in [1.82, 2.24) is 0 Å². The van der Waals surface area contributed by atoms with Crippen LogP contribution in [-0.2, 0) is 0 Å². The van der Waals surface area contributed by atoms with Gasteiger partial charge >= 0.3 is 0 Å². The van der Waals surface area contributed by atoms with Gasteiger partial charge < -0.3 is 0 Å². The summed E-state index contributed by atoms with van der Waals surface area (Å²) < 4.78 is 46.7. The van der Waals surface area contributed by atoms with Gasteiger partial charge in [0.05, 0.1) is 0 Å². The van der Waals surface area contributed by atoms with Crippen LogP contribution in [-0.4, -0.2) is 5.88 Å². The quantitative estimate of drug-likeness (QED) is 0.368. The smallest absolute Gasteiger partial charge is 0.173 e. The normalized spacial score (nSPS) is 9.42. The molecule has 0 nitrogen and oxygen atoms in total. The Kier molecular flexibility index (Phi) is 5.80.